The largest absolute Gasteiger partial charge is 0.497 e. The Morgan fingerprint density at radius 2 is 1.95 bits per heavy atom. The Morgan fingerprint density at radius 1 is 1.26 bits per heavy atom. The van der Waals surface area contributed by atoms with Crippen molar-refractivity contribution >= 4 is 16.7 Å². The smallest absolute Gasteiger partial charge is 0.221 e. The maximum absolute atomic E-state index is 11.3. The summed E-state index contributed by atoms with van der Waals surface area (Å²) in [6.45, 7) is 0. The summed E-state index contributed by atoms with van der Waals surface area (Å²) in [4.78, 5) is 11.3. The van der Waals surface area contributed by atoms with Crippen LogP contribution < -0.4 is 15.8 Å². The first-order valence-electron chi connectivity index (χ1n) is 6.18. The maximum atomic E-state index is 11.3. The van der Waals surface area contributed by atoms with E-state index in [9.17, 15) is 4.79 Å². The van der Waals surface area contributed by atoms with Gasteiger partial charge in [-0.3, -0.25) is 4.79 Å². The number of carbonyl (C=O) groups excluding carboxylic acids is 1. The van der Waals surface area contributed by atoms with Crippen molar-refractivity contribution in [3.63, 3.8) is 0 Å². The van der Waals surface area contributed by atoms with Crippen LogP contribution in [0.25, 0.3) is 10.8 Å². The molecule has 0 aliphatic carbocycles. The van der Waals surface area contributed by atoms with E-state index in [4.69, 9.17) is 10.5 Å². The van der Waals surface area contributed by atoms with Gasteiger partial charge < -0.3 is 15.8 Å². The van der Waals surface area contributed by atoms with Crippen molar-refractivity contribution in [2.24, 2.45) is 5.73 Å². The van der Waals surface area contributed by atoms with E-state index < -0.39 is 0 Å². The summed E-state index contributed by atoms with van der Waals surface area (Å²) in [6.07, 6.45) is 0.290. The fourth-order valence-corrected chi connectivity index (χ4v) is 2.02. The Hall–Kier alpha value is -2.07. The van der Waals surface area contributed by atoms with Gasteiger partial charge in [-0.2, -0.15) is 0 Å². The van der Waals surface area contributed by atoms with Crippen molar-refractivity contribution in [3.8, 4) is 5.75 Å². The minimum Gasteiger partial charge on any atom is -0.497 e. The van der Waals surface area contributed by atoms with E-state index in [0.717, 1.165) is 22.1 Å². The zero-order valence-electron chi connectivity index (χ0n) is 11.1. The summed E-state index contributed by atoms with van der Waals surface area (Å²) in [5.74, 6) is 0.775. The molecule has 1 amide bonds. The average Bonchev–Trinajstić information content (AvgIpc) is 2.45. The molecule has 2 aromatic rings. The van der Waals surface area contributed by atoms with Crippen LogP contribution in [-0.2, 0) is 4.79 Å². The van der Waals surface area contributed by atoms with Gasteiger partial charge in [0.25, 0.3) is 0 Å². The first kappa shape index (κ1) is 13.4. The number of fused-ring (bicyclic) bond motifs is 1. The molecule has 2 aromatic carbocycles. The van der Waals surface area contributed by atoms with Gasteiger partial charge in [-0.15, -0.1) is 0 Å². The molecule has 100 valence electrons. The SMILES string of the molecule is CNC(=O)CC(N)c1ccc2cc(OC)ccc2c1. The standard InChI is InChI=1S/C15H18N2O2/c1-17-15(18)9-14(16)12-4-3-11-8-13(19-2)6-5-10(11)7-12/h3-8,14H,9,16H2,1-2H3,(H,17,18). The number of ether oxygens (including phenoxy) is 1. The summed E-state index contributed by atoms with van der Waals surface area (Å²) in [5, 5.41) is 4.76. The van der Waals surface area contributed by atoms with Crippen molar-refractivity contribution in [1.29, 1.82) is 0 Å². The monoisotopic (exact) mass is 258 g/mol. The van der Waals surface area contributed by atoms with Crippen LogP contribution in [-0.4, -0.2) is 20.1 Å². The second-order valence-electron chi connectivity index (χ2n) is 4.46. The van der Waals surface area contributed by atoms with Gasteiger partial charge in [-0.25, -0.2) is 0 Å². The molecule has 0 aromatic heterocycles. The highest BCUT2D eigenvalue weighted by Gasteiger charge is 2.11. The second kappa shape index (κ2) is 5.71. The van der Waals surface area contributed by atoms with Crippen LogP contribution in [0.2, 0.25) is 0 Å². The van der Waals surface area contributed by atoms with Gasteiger partial charge in [0.15, 0.2) is 0 Å². The van der Waals surface area contributed by atoms with Crippen LogP contribution >= 0.6 is 0 Å². The van der Waals surface area contributed by atoms with Crippen LogP contribution in [0.4, 0.5) is 0 Å². The first-order valence-corrected chi connectivity index (χ1v) is 6.18. The summed E-state index contributed by atoms with van der Waals surface area (Å²) in [6, 6.07) is 11.6. The first-order chi connectivity index (χ1) is 9.13. The summed E-state index contributed by atoms with van der Waals surface area (Å²) >= 11 is 0. The topological polar surface area (TPSA) is 64.4 Å². The fourth-order valence-electron chi connectivity index (χ4n) is 2.02. The van der Waals surface area contributed by atoms with E-state index in [-0.39, 0.29) is 18.4 Å². The molecule has 1 atom stereocenters. The van der Waals surface area contributed by atoms with Gasteiger partial charge in [0.1, 0.15) is 5.75 Å². The third kappa shape index (κ3) is 3.03. The molecule has 3 N–H and O–H groups in total. The lowest BCUT2D eigenvalue weighted by atomic mass is 10.00. The average molecular weight is 258 g/mol. The van der Waals surface area contributed by atoms with E-state index in [0.29, 0.717) is 0 Å². The molecular formula is C15H18N2O2. The van der Waals surface area contributed by atoms with E-state index in [1.807, 2.05) is 36.4 Å². The highest BCUT2D eigenvalue weighted by atomic mass is 16.5. The molecule has 0 radical (unpaired) electrons. The molecule has 2 rings (SSSR count). The lowest BCUT2D eigenvalue weighted by Crippen LogP contribution is -2.24. The van der Waals surface area contributed by atoms with Gasteiger partial charge in [0.05, 0.1) is 7.11 Å². The number of methoxy groups -OCH3 is 1. The molecule has 0 aliphatic heterocycles. The van der Waals surface area contributed by atoms with Crippen LogP contribution in [0.1, 0.15) is 18.0 Å². The van der Waals surface area contributed by atoms with Crippen LogP contribution in [0.15, 0.2) is 36.4 Å². The van der Waals surface area contributed by atoms with E-state index in [1.54, 1.807) is 14.2 Å². The van der Waals surface area contributed by atoms with Gasteiger partial charge in [-0.05, 0) is 34.5 Å². The Kier molecular flexibility index (Phi) is 4.02. The summed E-state index contributed by atoms with van der Waals surface area (Å²) < 4.78 is 5.19. The molecule has 0 spiro atoms. The molecule has 1 unspecified atom stereocenters. The van der Waals surface area contributed by atoms with Crippen LogP contribution in [0, 0.1) is 0 Å². The molecule has 4 heteroatoms. The van der Waals surface area contributed by atoms with Crippen molar-refractivity contribution in [1.82, 2.24) is 5.32 Å². The Balaban J connectivity index is 2.28. The van der Waals surface area contributed by atoms with E-state index in [2.05, 4.69) is 5.32 Å². The van der Waals surface area contributed by atoms with Crippen LogP contribution in [0.3, 0.4) is 0 Å². The predicted molar refractivity (Wildman–Crippen MR) is 76.1 cm³/mol. The summed E-state index contributed by atoms with van der Waals surface area (Å²) in [5.41, 5.74) is 6.99. The van der Waals surface area contributed by atoms with Gasteiger partial charge in [-0.1, -0.05) is 18.2 Å². The Labute approximate surface area is 112 Å². The molecule has 0 heterocycles. The maximum Gasteiger partial charge on any atom is 0.221 e. The number of nitrogens with two attached hydrogens (primary N) is 1. The molecular weight excluding hydrogens is 240 g/mol. The number of carbonyl (C=O) groups is 1. The van der Waals surface area contributed by atoms with E-state index >= 15 is 0 Å². The predicted octanol–water partition coefficient (Wildman–Crippen LogP) is 1.98. The van der Waals surface area contributed by atoms with Crippen molar-refractivity contribution in [3.05, 3.63) is 42.0 Å². The number of hydrogen-bond acceptors (Lipinski definition) is 3. The lowest BCUT2D eigenvalue weighted by molar-refractivity contribution is -0.120. The number of amides is 1. The highest BCUT2D eigenvalue weighted by molar-refractivity contribution is 5.85. The molecule has 0 bridgehead atoms. The second-order valence-corrected chi connectivity index (χ2v) is 4.46. The highest BCUT2D eigenvalue weighted by Crippen LogP contribution is 2.24. The fraction of sp³-hybridized carbons (Fsp3) is 0.267. The molecule has 4 nitrogen and oxygen atoms in total. The van der Waals surface area contributed by atoms with Gasteiger partial charge in [0.2, 0.25) is 5.91 Å². The molecule has 0 aliphatic rings. The van der Waals surface area contributed by atoms with Gasteiger partial charge in [0, 0.05) is 19.5 Å². The Morgan fingerprint density at radius 3 is 2.63 bits per heavy atom. The Bertz CT molecular complexity index is 596. The zero-order valence-corrected chi connectivity index (χ0v) is 11.1. The summed E-state index contributed by atoms with van der Waals surface area (Å²) in [7, 11) is 3.26. The van der Waals surface area contributed by atoms with E-state index in [1.165, 1.54) is 0 Å². The van der Waals surface area contributed by atoms with Crippen molar-refractivity contribution < 1.29 is 9.53 Å². The lowest BCUT2D eigenvalue weighted by Gasteiger charge is -2.12. The minimum atomic E-state index is -0.286. The molecule has 0 fully saturated rings. The molecule has 0 saturated carbocycles. The van der Waals surface area contributed by atoms with Crippen molar-refractivity contribution in [2.45, 2.75) is 12.5 Å². The third-order valence-corrected chi connectivity index (χ3v) is 3.18. The molecule has 0 saturated heterocycles. The quantitative estimate of drug-likeness (QED) is 0.881. The van der Waals surface area contributed by atoms with Gasteiger partial charge >= 0.3 is 0 Å². The zero-order chi connectivity index (χ0) is 13.8. The van der Waals surface area contributed by atoms with Crippen molar-refractivity contribution in [2.75, 3.05) is 14.2 Å². The molecule has 19 heavy (non-hydrogen) atoms. The minimum absolute atomic E-state index is 0.0534. The number of benzene rings is 2. The normalized spacial score (nSPS) is 12.2. The number of rotatable bonds is 4. The van der Waals surface area contributed by atoms with Crippen LogP contribution in [0.5, 0.6) is 5.75 Å². The number of hydrogen-bond donors (Lipinski definition) is 2. The third-order valence-electron chi connectivity index (χ3n) is 3.18. The number of nitrogens with one attached hydrogen (secondary N) is 1.